The number of rotatable bonds is 9. The maximum Gasteiger partial charge on any atom is 0.319 e. The predicted molar refractivity (Wildman–Crippen MR) is 123 cm³/mol. The van der Waals surface area contributed by atoms with E-state index < -0.39 is 0 Å². The molecule has 2 amide bonds. The Morgan fingerprint density at radius 3 is 2.13 bits per heavy atom. The van der Waals surface area contributed by atoms with Crippen LogP contribution in [0.1, 0.15) is 36.0 Å². The second kappa shape index (κ2) is 10.8. The molecule has 0 heterocycles. The molecule has 0 aliphatic heterocycles. The molecule has 0 aromatic heterocycles. The summed E-state index contributed by atoms with van der Waals surface area (Å²) < 4.78 is 0. The predicted octanol–water partition coefficient (Wildman–Crippen LogP) is 5.50. The maximum atomic E-state index is 12.4. The highest BCUT2D eigenvalue weighted by Crippen LogP contribution is 2.20. The molecule has 4 N–H and O–H groups in total. The average molecular weight is 402 g/mol. The molecule has 0 fully saturated rings. The van der Waals surface area contributed by atoms with Gasteiger partial charge >= 0.3 is 6.03 Å². The Hall–Kier alpha value is -3.60. The first-order valence-electron chi connectivity index (χ1n) is 10.2. The molecule has 30 heavy (non-hydrogen) atoms. The number of carbonyl (C=O) groups excluding carboxylic acids is 2. The number of unbranched alkanes of at least 4 members (excludes halogenated alkanes) is 2. The number of hydrogen-bond donors (Lipinski definition) is 3. The Morgan fingerprint density at radius 2 is 1.40 bits per heavy atom. The third-order valence-electron chi connectivity index (χ3n) is 4.89. The van der Waals surface area contributed by atoms with Crippen LogP contribution in [0, 0.1) is 0 Å². The van der Waals surface area contributed by atoms with E-state index >= 15 is 0 Å². The van der Waals surface area contributed by atoms with E-state index in [1.54, 1.807) is 12.1 Å². The van der Waals surface area contributed by atoms with Gasteiger partial charge in [0.15, 0.2) is 5.78 Å². The SMILES string of the molecule is Nc1ccccc1NC(=O)NCCCCCC(=O)c1ccc(-c2ccccc2)cc1. The molecule has 0 aliphatic rings. The molecular weight excluding hydrogens is 374 g/mol. The molecule has 0 radical (unpaired) electrons. The van der Waals surface area contributed by atoms with E-state index in [-0.39, 0.29) is 11.8 Å². The van der Waals surface area contributed by atoms with Gasteiger partial charge in [0.25, 0.3) is 0 Å². The van der Waals surface area contributed by atoms with Crippen molar-refractivity contribution < 1.29 is 9.59 Å². The highest BCUT2D eigenvalue weighted by molar-refractivity contribution is 5.96. The first-order valence-corrected chi connectivity index (χ1v) is 10.2. The van der Waals surface area contributed by atoms with Crippen molar-refractivity contribution in [2.45, 2.75) is 25.7 Å². The molecular formula is C25H27N3O2. The summed E-state index contributed by atoms with van der Waals surface area (Å²) in [7, 11) is 0. The highest BCUT2D eigenvalue weighted by atomic mass is 16.2. The summed E-state index contributed by atoms with van der Waals surface area (Å²) in [6, 6.07) is 24.7. The van der Waals surface area contributed by atoms with Crippen molar-refractivity contribution in [3.8, 4) is 11.1 Å². The number of amides is 2. The molecule has 3 aromatic carbocycles. The summed E-state index contributed by atoms with van der Waals surface area (Å²) >= 11 is 0. The van der Waals surface area contributed by atoms with Crippen molar-refractivity contribution in [2.75, 3.05) is 17.6 Å². The van der Waals surface area contributed by atoms with Crippen LogP contribution in [0.3, 0.4) is 0 Å². The summed E-state index contributed by atoms with van der Waals surface area (Å²) in [6.45, 7) is 0.554. The number of anilines is 2. The van der Waals surface area contributed by atoms with Crippen molar-refractivity contribution in [3.05, 3.63) is 84.4 Å². The number of ketones is 1. The van der Waals surface area contributed by atoms with Crippen LogP contribution in [0.25, 0.3) is 11.1 Å². The zero-order valence-electron chi connectivity index (χ0n) is 16.9. The van der Waals surface area contributed by atoms with E-state index in [0.29, 0.717) is 24.3 Å². The zero-order valence-corrected chi connectivity index (χ0v) is 16.9. The van der Waals surface area contributed by atoms with Crippen LogP contribution in [-0.2, 0) is 0 Å². The van der Waals surface area contributed by atoms with Gasteiger partial charge in [0.1, 0.15) is 0 Å². The normalized spacial score (nSPS) is 10.4. The first kappa shape index (κ1) is 21.1. The minimum Gasteiger partial charge on any atom is -0.397 e. The van der Waals surface area contributed by atoms with Crippen LogP contribution in [0.15, 0.2) is 78.9 Å². The molecule has 0 saturated carbocycles. The highest BCUT2D eigenvalue weighted by Gasteiger charge is 2.07. The number of nitrogens with one attached hydrogen (secondary N) is 2. The fourth-order valence-corrected chi connectivity index (χ4v) is 3.19. The van der Waals surface area contributed by atoms with Gasteiger partial charge in [-0.2, -0.15) is 0 Å². The van der Waals surface area contributed by atoms with Crippen molar-refractivity contribution >= 4 is 23.2 Å². The van der Waals surface area contributed by atoms with Gasteiger partial charge in [-0.25, -0.2) is 4.79 Å². The standard InChI is InChI=1S/C25H27N3O2/c26-22-11-6-7-12-23(22)28-25(30)27-18-8-2-5-13-24(29)21-16-14-20(15-17-21)19-9-3-1-4-10-19/h1,3-4,6-7,9-12,14-17H,2,5,8,13,18,26H2,(H2,27,28,30). The minimum atomic E-state index is -0.275. The van der Waals surface area contributed by atoms with Gasteiger partial charge in [-0.05, 0) is 36.1 Å². The average Bonchev–Trinajstić information content (AvgIpc) is 2.78. The molecule has 5 nitrogen and oxygen atoms in total. The summed E-state index contributed by atoms with van der Waals surface area (Å²) in [5.41, 5.74) is 9.92. The van der Waals surface area contributed by atoms with E-state index in [1.807, 2.05) is 54.6 Å². The van der Waals surface area contributed by atoms with E-state index in [4.69, 9.17) is 5.73 Å². The fourth-order valence-electron chi connectivity index (χ4n) is 3.19. The largest absolute Gasteiger partial charge is 0.397 e. The Balaban J connectivity index is 1.33. The molecule has 0 bridgehead atoms. The summed E-state index contributed by atoms with van der Waals surface area (Å²) in [5, 5.41) is 5.54. The lowest BCUT2D eigenvalue weighted by Crippen LogP contribution is -2.29. The van der Waals surface area contributed by atoms with Crippen molar-refractivity contribution in [2.24, 2.45) is 0 Å². The number of carbonyl (C=O) groups is 2. The lowest BCUT2D eigenvalue weighted by atomic mass is 10.0. The van der Waals surface area contributed by atoms with Gasteiger partial charge < -0.3 is 16.4 Å². The van der Waals surface area contributed by atoms with Gasteiger partial charge in [-0.3, -0.25) is 4.79 Å². The molecule has 0 unspecified atom stereocenters. The molecule has 3 aromatic rings. The lowest BCUT2D eigenvalue weighted by Gasteiger charge is -2.09. The Morgan fingerprint density at radius 1 is 0.733 bits per heavy atom. The second-order valence-corrected chi connectivity index (χ2v) is 7.15. The Bertz CT molecular complexity index is 969. The molecule has 3 rings (SSSR count). The molecule has 154 valence electrons. The number of nitrogen functional groups attached to an aromatic ring is 1. The summed E-state index contributed by atoms with van der Waals surface area (Å²) in [5.74, 6) is 0.153. The number of Topliss-reactive ketones (excluding diaryl/α,β-unsaturated/α-hetero) is 1. The molecule has 0 saturated heterocycles. The second-order valence-electron chi connectivity index (χ2n) is 7.15. The summed E-state index contributed by atoms with van der Waals surface area (Å²) in [4.78, 5) is 24.3. The third-order valence-corrected chi connectivity index (χ3v) is 4.89. The van der Waals surface area contributed by atoms with Gasteiger partial charge in [0.2, 0.25) is 0 Å². The van der Waals surface area contributed by atoms with Gasteiger partial charge in [0.05, 0.1) is 11.4 Å². The molecule has 0 atom stereocenters. The fraction of sp³-hybridized carbons (Fsp3) is 0.200. The van der Waals surface area contributed by atoms with Gasteiger partial charge in [-0.1, -0.05) is 73.2 Å². The third kappa shape index (κ3) is 6.21. The molecule has 0 aliphatic carbocycles. The molecule has 5 heteroatoms. The number of hydrogen-bond acceptors (Lipinski definition) is 3. The molecule has 0 spiro atoms. The van der Waals surface area contributed by atoms with Crippen LogP contribution in [0.4, 0.5) is 16.2 Å². The number of urea groups is 1. The van der Waals surface area contributed by atoms with Crippen LogP contribution in [0.2, 0.25) is 0 Å². The van der Waals surface area contributed by atoms with Crippen LogP contribution in [-0.4, -0.2) is 18.4 Å². The monoisotopic (exact) mass is 401 g/mol. The first-order chi connectivity index (χ1) is 14.6. The van der Waals surface area contributed by atoms with Crippen molar-refractivity contribution in [1.29, 1.82) is 0 Å². The zero-order chi connectivity index (χ0) is 21.2. The maximum absolute atomic E-state index is 12.4. The van der Waals surface area contributed by atoms with Crippen molar-refractivity contribution in [1.82, 2.24) is 5.32 Å². The van der Waals surface area contributed by atoms with E-state index in [2.05, 4.69) is 22.8 Å². The van der Waals surface area contributed by atoms with E-state index in [1.165, 1.54) is 0 Å². The number of benzene rings is 3. The van der Waals surface area contributed by atoms with Gasteiger partial charge in [-0.15, -0.1) is 0 Å². The summed E-state index contributed by atoms with van der Waals surface area (Å²) in [6.07, 6.45) is 3.01. The van der Waals surface area contributed by atoms with Gasteiger partial charge in [0, 0.05) is 18.5 Å². The van der Waals surface area contributed by atoms with E-state index in [0.717, 1.165) is 36.0 Å². The van der Waals surface area contributed by atoms with Crippen LogP contribution >= 0.6 is 0 Å². The van der Waals surface area contributed by atoms with Crippen molar-refractivity contribution in [3.63, 3.8) is 0 Å². The number of para-hydroxylation sites is 2. The lowest BCUT2D eigenvalue weighted by molar-refractivity contribution is 0.0979. The number of nitrogens with two attached hydrogens (primary N) is 1. The topological polar surface area (TPSA) is 84.2 Å². The van der Waals surface area contributed by atoms with Crippen LogP contribution in [0.5, 0.6) is 0 Å². The quantitative estimate of drug-likeness (QED) is 0.251. The Kier molecular flexibility index (Phi) is 7.61. The smallest absolute Gasteiger partial charge is 0.319 e. The minimum absolute atomic E-state index is 0.153. The van der Waals surface area contributed by atoms with Crippen LogP contribution < -0.4 is 16.4 Å². The van der Waals surface area contributed by atoms with E-state index in [9.17, 15) is 9.59 Å². The Labute approximate surface area is 177 Å².